The SMILES string of the molecule is Cc1ccc(NC(=O)CCCCCCN)c(OCC(=O)N(C)C)c1.Cl. The Morgan fingerprint density at radius 1 is 1.16 bits per heavy atom. The van der Waals surface area contributed by atoms with Gasteiger partial charge in [0.15, 0.2) is 6.61 Å². The van der Waals surface area contributed by atoms with Crippen LogP contribution in [0.5, 0.6) is 5.75 Å². The van der Waals surface area contributed by atoms with Gasteiger partial charge in [-0.15, -0.1) is 12.4 Å². The van der Waals surface area contributed by atoms with Gasteiger partial charge in [-0.25, -0.2) is 0 Å². The van der Waals surface area contributed by atoms with Gasteiger partial charge >= 0.3 is 0 Å². The molecule has 0 heterocycles. The van der Waals surface area contributed by atoms with E-state index < -0.39 is 0 Å². The van der Waals surface area contributed by atoms with Gasteiger partial charge in [0.05, 0.1) is 5.69 Å². The van der Waals surface area contributed by atoms with Gasteiger partial charge in [0.25, 0.3) is 5.91 Å². The lowest BCUT2D eigenvalue weighted by Gasteiger charge is -2.15. The summed E-state index contributed by atoms with van der Waals surface area (Å²) in [7, 11) is 3.35. The Morgan fingerprint density at radius 3 is 2.48 bits per heavy atom. The second kappa shape index (κ2) is 12.6. The lowest BCUT2D eigenvalue weighted by Crippen LogP contribution is -2.27. The van der Waals surface area contributed by atoms with E-state index in [1.54, 1.807) is 20.2 Å². The highest BCUT2D eigenvalue weighted by atomic mass is 35.5. The number of halogens is 1. The number of hydrogen-bond acceptors (Lipinski definition) is 4. The Morgan fingerprint density at radius 2 is 1.84 bits per heavy atom. The van der Waals surface area contributed by atoms with Gasteiger partial charge in [-0.2, -0.15) is 0 Å². The van der Waals surface area contributed by atoms with Crippen LogP contribution in [0.1, 0.15) is 37.7 Å². The first kappa shape index (κ1) is 23.2. The lowest BCUT2D eigenvalue weighted by molar-refractivity contribution is -0.130. The van der Waals surface area contributed by atoms with Gasteiger partial charge in [-0.3, -0.25) is 9.59 Å². The van der Waals surface area contributed by atoms with E-state index >= 15 is 0 Å². The molecule has 0 bridgehead atoms. The van der Waals surface area contributed by atoms with Gasteiger partial charge < -0.3 is 20.7 Å². The normalized spacial score (nSPS) is 9.92. The predicted octanol–water partition coefficient (Wildman–Crippen LogP) is 2.73. The highest BCUT2D eigenvalue weighted by Crippen LogP contribution is 2.26. The number of carbonyl (C=O) groups is 2. The van der Waals surface area contributed by atoms with Crippen LogP contribution in [0, 0.1) is 6.92 Å². The maximum absolute atomic E-state index is 12.1. The largest absolute Gasteiger partial charge is 0.482 e. The van der Waals surface area contributed by atoms with Gasteiger partial charge in [0.2, 0.25) is 5.91 Å². The summed E-state index contributed by atoms with van der Waals surface area (Å²) in [5.74, 6) is 0.339. The molecular weight excluding hydrogens is 342 g/mol. The van der Waals surface area contributed by atoms with Crippen molar-refractivity contribution in [2.45, 2.75) is 39.0 Å². The predicted molar refractivity (Wildman–Crippen MR) is 103 cm³/mol. The molecule has 25 heavy (non-hydrogen) atoms. The summed E-state index contributed by atoms with van der Waals surface area (Å²) in [6, 6.07) is 5.52. The van der Waals surface area contributed by atoms with Crippen molar-refractivity contribution in [2.24, 2.45) is 5.73 Å². The van der Waals surface area contributed by atoms with E-state index in [1.807, 2.05) is 19.1 Å². The summed E-state index contributed by atoms with van der Waals surface area (Å²) >= 11 is 0. The van der Waals surface area contributed by atoms with Crippen molar-refractivity contribution in [3.05, 3.63) is 23.8 Å². The van der Waals surface area contributed by atoms with Gasteiger partial charge in [-0.1, -0.05) is 18.9 Å². The van der Waals surface area contributed by atoms with Gasteiger partial charge in [-0.05, 0) is 44.0 Å². The number of aryl methyl sites for hydroxylation is 1. The van der Waals surface area contributed by atoms with E-state index in [0.29, 0.717) is 24.4 Å². The van der Waals surface area contributed by atoms with Crippen LogP contribution in [-0.2, 0) is 9.59 Å². The fourth-order valence-electron chi connectivity index (χ4n) is 2.12. The van der Waals surface area contributed by atoms with Crippen LogP contribution in [0.15, 0.2) is 18.2 Å². The molecule has 142 valence electrons. The Labute approximate surface area is 156 Å². The number of nitrogens with zero attached hydrogens (tertiary/aromatic N) is 1. The third-order valence-electron chi connectivity index (χ3n) is 3.62. The zero-order valence-corrected chi connectivity index (χ0v) is 16.2. The average molecular weight is 372 g/mol. The van der Waals surface area contributed by atoms with Crippen molar-refractivity contribution in [2.75, 3.05) is 32.6 Å². The van der Waals surface area contributed by atoms with E-state index in [0.717, 1.165) is 31.2 Å². The van der Waals surface area contributed by atoms with Crippen LogP contribution in [0.25, 0.3) is 0 Å². The van der Waals surface area contributed by atoms with Crippen LogP contribution < -0.4 is 15.8 Å². The van der Waals surface area contributed by atoms with Crippen LogP contribution in [0.4, 0.5) is 5.69 Å². The lowest BCUT2D eigenvalue weighted by atomic mass is 10.1. The first-order valence-electron chi connectivity index (χ1n) is 8.37. The molecule has 0 saturated heterocycles. The number of benzene rings is 1. The maximum atomic E-state index is 12.1. The third kappa shape index (κ3) is 9.31. The molecule has 0 aliphatic carbocycles. The average Bonchev–Trinajstić information content (AvgIpc) is 2.54. The molecule has 3 N–H and O–H groups in total. The highest BCUT2D eigenvalue weighted by Gasteiger charge is 2.11. The number of rotatable bonds is 10. The number of nitrogens with two attached hydrogens (primary N) is 1. The van der Waals surface area contributed by atoms with Crippen LogP contribution in [0.3, 0.4) is 0 Å². The summed E-state index contributed by atoms with van der Waals surface area (Å²) in [6.07, 6.45) is 4.35. The highest BCUT2D eigenvalue weighted by molar-refractivity contribution is 5.92. The summed E-state index contributed by atoms with van der Waals surface area (Å²) < 4.78 is 5.58. The molecule has 2 amide bonds. The van der Waals surface area contributed by atoms with Crippen molar-refractivity contribution in [1.29, 1.82) is 0 Å². The monoisotopic (exact) mass is 371 g/mol. The molecule has 1 aromatic rings. The summed E-state index contributed by atoms with van der Waals surface area (Å²) in [5.41, 5.74) is 7.05. The molecule has 0 aliphatic heterocycles. The van der Waals surface area contributed by atoms with E-state index in [9.17, 15) is 9.59 Å². The van der Waals surface area contributed by atoms with Crippen molar-refractivity contribution in [3.8, 4) is 5.75 Å². The van der Waals surface area contributed by atoms with Crippen LogP contribution in [0.2, 0.25) is 0 Å². The first-order chi connectivity index (χ1) is 11.4. The molecular formula is C18H30ClN3O3. The number of ether oxygens (including phenoxy) is 1. The second-order valence-corrected chi connectivity index (χ2v) is 6.08. The summed E-state index contributed by atoms with van der Waals surface area (Å²) in [4.78, 5) is 25.2. The topological polar surface area (TPSA) is 84.7 Å². The van der Waals surface area contributed by atoms with Crippen molar-refractivity contribution in [1.82, 2.24) is 4.90 Å². The number of unbranched alkanes of at least 4 members (excludes halogenated alkanes) is 3. The number of nitrogens with one attached hydrogen (secondary N) is 1. The molecule has 7 heteroatoms. The fraction of sp³-hybridized carbons (Fsp3) is 0.556. The number of anilines is 1. The minimum absolute atomic E-state index is 0. The van der Waals surface area contributed by atoms with Crippen molar-refractivity contribution >= 4 is 29.9 Å². The third-order valence-corrected chi connectivity index (χ3v) is 3.62. The van der Waals surface area contributed by atoms with E-state index in [1.165, 1.54) is 4.90 Å². The number of carbonyl (C=O) groups excluding carboxylic acids is 2. The van der Waals surface area contributed by atoms with Crippen molar-refractivity contribution < 1.29 is 14.3 Å². The Balaban J connectivity index is 0.00000576. The number of hydrogen-bond donors (Lipinski definition) is 2. The summed E-state index contributed by atoms with van der Waals surface area (Å²) in [5, 5.41) is 2.87. The van der Waals surface area contributed by atoms with E-state index in [2.05, 4.69) is 5.32 Å². The zero-order chi connectivity index (χ0) is 17.9. The summed E-state index contributed by atoms with van der Waals surface area (Å²) in [6.45, 7) is 2.57. The molecule has 0 aromatic heterocycles. The molecule has 0 fully saturated rings. The molecule has 1 rings (SSSR count). The molecule has 0 radical (unpaired) electrons. The molecule has 0 spiro atoms. The van der Waals surface area contributed by atoms with E-state index in [4.69, 9.17) is 10.5 Å². The Kier molecular flexibility index (Phi) is 11.7. The van der Waals surface area contributed by atoms with E-state index in [-0.39, 0.29) is 30.8 Å². The molecule has 0 aliphatic rings. The molecule has 0 saturated carbocycles. The van der Waals surface area contributed by atoms with Gasteiger partial charge in [0, 0.05) is 20.5 Å². The quantitative estimate of drug-likeness (QED) is 0.619. The number of likely N-dealkylation sites (N-methyl/N-ethyl adjacent to an activating group) is 1. The minimum atomic E-state index is -0.131. The maximum Gasteiger partial charge on any atom is 0.259 e. The fourth-order valence-corrected chi connectivity index (χ4v) is 2.12. The first-order valence-corrected chi connectivity index (χ1v) is 8.37. The standard InChI is InChI=1S/C18H29N3O3.ClH/c1-14-9-10-15(16(12-14)24-13-18(23)21(2)3)20-17(22)8-6-4-5-7-11-19;/h9-10,12H,4-8,11,13,19H2,1-3H3,(H,20,22);1H. The molecule has 0 unspecified atom stereocenters. The van der Waals surface area contributed by atoms with Crippen LogP contribution >= 0.6 is 12.4 Å². The van der Waals surface area contributed by atoms with Gasteiger partial charge in [0.1, 0.15) is 5.75 Å². The Hall–Kier alpha value is -1.79. The molecule has 0 atom stereocenters. The minimum Gasteiger partial charge on any atom is -0.482 e. The Bertz CT molecular complexity index is 550. The zero-order valence-electron chi connectivity index (χ0n) is 15.3. The smallest absolute Gasteiger partial charge is 0.259 e. The molecule has 1 aromatic carbocycles. The van der Waals surface area contributed by atoms with Crippen molar-refractivity contribution in [3.63, 3.8) is 0 Å². The molecule has 6 nitrogen and oxygen atoms in total. The second-order valence-electron chi connectivity index (χ2n) is 6.08. The number of amides is 2. The van der Waals surface area contributed by atoms with Crippen LogP contribution in [-0.4, -0.2) is 44.0 Å².